The van der Waals surface area contributed by atoms with Crippen molar-refractivity contribution >= 4 is 34.2 Å². The van der Waals surface area contributed by atoms with Gasteiger partial charge in [-0.25, -0.2) is 9.97 Å². The molecule has 0 unspecified atom stereocenters. The molecule has 6 heteroatoms. The molecule has 88 valence electrons. The van der Waals surface area contributed by atoms with Crippen molar-refractivity contribution in [3.05, 3.63) is 44.9 Å². The Balaban J connectivity index is 2.28. The van der Waals surface area contributed by atoms with E-state index in [1.165, 1.54) is 6.33 Å². The summed E-state index contributed by atoms with van der Waals surface area (Å²) in [6.07, 6.45) is 3.10. The van der Waals surface area contributed by atoms with Crippen molar-refractivity contribution in [3.8, 4) is 11.6 Å². The average Bonchev–Trinajstić information content (AvgIpc) is 2.34. The van der Waals surface area contributed by atoms with Gasteiger partial charge in [-0.1, -0.05) is 17.7 Å². The molecule has 0 saturated carbocycles. The topological polar surface area (TPSA) is 61.0 Å². The fourth-order valence-corrected chi connectivity index (χ4v) is 1.89. The molecular weight excluding hydrogens is 352 g/mol. The maximum Gasteiger partial charge on any atom is 0.235 e. The van der Waals surface area contributed by atoms with E-state index in [1.54, 1.807) is 18.3 Å². The third-order valence-electron chi connectivity index (χ3n) is 2.07. The Morgan fingerprint density at radius 2 is 2.24 bits per heavy atom. The lowest BCUT2D eigenvalue weighted by atomic mass is 10.2. The zero-order valence-electron chi connectivity index (χ0n) is 8.73. The van der Waals surface area contributed by atoms with Crippen molar-refractivity contribution < 1.29 is 4.74 Å². The molecule has 0 amide bonds. The second kappa shape index (κ2) is 5.61. The summed E-state index contributed by atoms with van der Waals surface area (Å²) in [6, 6.07) is 5.43. The molecule has 1 heterocycles. The maximum absolute atomic E-state index is 6.08. The van der Waals surface area contributed by atoms with Gasteiger partial charge in [0.2, 0.25) is 5.88 Å². The van der Waals surface area contributed by atoms with Gasteiger partial charge in [0.15, 0.2) is 0 Å². The number of ether oxygens (including phenoxy) is 1. The Morgan fingerprint density at radius 3 is 2.88 bits per heavy atom. The minimum absolute atomic E-state index is 0.449. The number of benzene rings is 1. The lowest BCUT2D eigenvalue weighted by Gasteiger charge is -2.08. The highest BCUT2D eigenvalue weighted by Crippen LogP contribution is 2.30. The molecule has 2 N–H and O–H groups in total. The van der Waals surface area contributed by atoms with Crippen LogP contribution in [0.25, 0.3) is 0 Å². The Kier molecular flexibility index (Phi) is 4.14. The van der Waals surface area contributed by atoms with Gasteiger partial charge in [0.1, 0.15) is 12.1 Å². The van der Waals surface area contributed by atoms with Gasteiger partial charge in [-0.2, -0.15) is 0 Å². The van der Waals surface area contributed by atoms with E-state index in [1.807, 2.05) is 6.07 Å². The molecule has 0 aliphatic rings. The Morgan fingerprint density at radius 1 is 1.41 bits per heavy atom. The van der Waals surface area contributed by atoms with Gasteiger partial charge in [-0.3, -0.25) is 0 Å². The molecule has 4 nitrogen and oxygen atoms in total. The maximum atomic E-state index is 6.08. The summed E-state index contributed by atoms with van der Waals surface area (Å²) in [5.74, 6) is 1.04. The van der Waals surface area contributed by atoms with Crippen molar-refractivity contribution in [2.45, 2.75) is 6.54 Å². The Hall–Kier alpha value is -0.920. The molecule has 0 radical (unpaired) electrons. The molecule has 0 bridgehead atoms. The van der Waals surface area contributed by atoms with Crippen molar-refractivity contribution in [1.29, 1.82) is 0 Å². The molecule has 0 spiro atoms. The second-order valence-corrected chi connectivity index (χ2v) is 4.82. The zero-order chi connectivity index (χ0) is 12.3. The van der Waals surface area contributed by atoms with Crippen LogP contribution in [0.5, 0.6) is 11.6 Å². The third-order valence-corrected chi connectivity index (χ3v) is 3.11. The van der Waals surface area contributed by atoms with Crippen LogP contribution < -0.4 is 10.5 Å². The molecule has 17 heavy (non-hydrogen) atoms. The van der Waals surface area contributed by atoms with Crippen LogP contribution >= 0.6 is 34.2 Å². The summed E-state index contributed by atoms with van der Waals surface area (Å²) in [4.78, 5) is 7.92. The molecule has 2 rings (SSSR count). The SMILES string of the molecule is NCc1ccc(Oc2ncncc2I)c(Cl)c1. The van der Waals surface area contributed by atoms with E-state index >= 15 is 0 Å². The van der Waals surface area contributed by atoms with Crippen molar-refractivity contribution in [1.82, 2.24) is 9.97 Å². The second-order valence-electron chi connectivity index (χ2n) is 3.25. The van der Waals surface area contributed by atoms with E-state index in [-0.39, 0.29) is 0 Å². The minimum Gasteiger partial charge on any atom is -0.436 e. The van der Waals surface area contributed by atoms with Crippen LogP contribution in [-0.4, -0.2) is 9.97 Å². The average molecular weight is 362 g/mol. The van der Waals surface area contributed by atoms with E-state index in [0.717, 1.165) is 9.13 Å². The number of nitrogens with zero attached hydrogens (tertiary/aromatic N) is 2. The fourth-order valence-electron chi connectivity index (χ4n) is 1.23. The van der Waals surface area contributed by atoms with Gasteiger partial charge < -0.3 is 10.5 Å². The predicted molar refractivity (Wildman–Crippen MR) is 74.2 cm³/mol. The predicted octanol–water partition coefficient (Wildman–Crippen LogP) is 2.99. The summed E-state index contributed by atoms with van der Waals surface area (Å²) in [7, 11) is 0. The molecule has 0 fully saturated rings. The summed E-state index contributed by atoms with van der Waals surface area (Å²) < 4.78 is 6.43. The summed E-state index contributed by atoms with van der Waals surface area (Å²) in [5, 5.41) is 0.516. The van der Waals surface area contributed by atoms with Crippen LogP contribution in [0.1, 0.15) is 5.56 Å². The first-order valence-electron chi connectivity index (χ1n) is 4.82. The Labute approximate surface area is 117 Å². The van der Waals surface area contributed by atoms with Crippen molar-refractivity contribution in [2.75, 3.05) is 0 Å². The van der Waals surface area contributed by atoms with Crippen LogP contribution in [0.4, 0.5) is 0 Å². The zero-order valence-corrected chi connectivity index (χ0v) is 11.6. The van der Waals surface area contributed by atoms with Gasteiger partial charge in [-0.15, -0.1) is 0 Å². The van der Waals surface area contributed by atoms with E-state index in [9.17, 15) is 0 Å². The highest BCUT2D eigenvalue weighted by atomic mass is 127. The summed E-state index contributed by atoms with van der Waals surface area (Å²) in [5.41, 5.74) is 6.48. The molecule has 2 aromatic rings. The fraction of sp³-hybridized carbons (Fsp3) is 0.0909. The highest BCUT2D eigenvalue weighted by molar-refractivity contribution is 14.1. The molecule has 0 aliphatic carbocycles. The molecular formula is C11H9ClIN3O. The van der Waals surface area contributed by atoms with Crippen LogP contribution in [0.2, 0.25) is 5.02 Å². The third kappa shape index (κ3) is 3.05. The monoisotopic (exact) mass is 361 g/mol. The molecule has 1 aromatic heterocycles. The molecule has 0 saturated heterocycles. The number of aromatic nitrogens is 2. The first-order chi connectivity index (χ1) is 8.20. The lowest BCUT2D eigenvalue weighted by Crippen LogP contribution is -1.97. The summed E-state index contributed by atoms with van der Waals surface area (Å²) >= 11 is 8.18. The van der Waals surface area contributed by atoms with Crippen LogP contribution in [0.3, 0.4) is 0 Å². The number of halogens is 2. The van der Waals surface area contributed by atoms with Gasteiger partial charge in [0, 0.05) is 12.7 Å². The van der Waals surface area contributed by atoms with Gasteiger partial charge in [-0.05, 0) is 40.3 Å². The standard InChI is InChI=1S/C11H9ClIN3O/c12-8-3-7(4-14)1-2-10(8)17-11-9(13)5-15-6-16-11/h1-3,5-6H,4,14H2. The lowest BCUT2D eigenvalue weighted by molar-refractivity contribution is 0.457. The number of rotatable bonds is 3. The van der Waals surface area contributed by atoms with E-state index in [4.69, 9.17) is 22.1 Å². The molecule has 0 aliphatic heterocycles. The minimum atomic E-state index is 0.449. The highest BCUT2D eigenvalue weighted by Gasteiger charge is 2.07. The first-order valence-corrected chi connectivity index (χ1v) is 6.28. The van der Waals surface area contributed by atoms with Gasteiger partial charge >= 0.3 is 0 Å². The smallest absolute Gasteiger partial charge is 0.235 e. The van der Waals surface area contributed by atoms with Crippen LogP contribution in [0, 0.1) is 3.57 Å². The van der Waals surface area contributed by atoms with E-state index in [2.05, 4.69) is 32.6 Å². The summed E-state index contributed by atoms with van der Waals surface area (Å²) in [6.45, 7) is 0.449. The van der Waals surface area contributed by atoms with Gasteiger partial charge in [0.25, 0.3) is 0 Å². The molecule has 1 aromatic carbocycles. The van der Waals surface area contributed by atoms with Gasteiger partial charge in [0.05, 0.1) is 8.59 Å². The van der Waals surface area contributed by atoms with Crippen LogP contribution in [0.15, 0.2) is 30.7 Å². The first kappa shape index (κ1) is 12.5. The Bertz CT molecular complexity index is 536. The van der Waals surface area contributed by atoms with E-state index < -0.39 is 0 Å². The number of nitrogens with two attached hydrogens (primary N) is 1. The van der Waals surface area contributed by atoms with Crippen molar-refractivity contribution in [3.63, 3.8) is 0 Å². The van der Waals surface area contributed by atoms with E-state index in [0.29, 0.717) is 23.2 Å². The quantitative estimate of drug-likeness (QED) is 0.854. The molecule has 0 atom stereocenters. The van der Waals surface area contributed by atoms with Crippen molar-refractivity contribution in [2.24, 2.45) is 5.73 Å². The van der Waals surface area contributed by atoms with Crippen LogP contribution in [-0.2, 0) is 6.54 Å². The normalized spacial score (nSPS) is 10.3. The number of hydrogen-bond donors (Lipinski definition) is 1. The largest absolute Gasteiger partial charge is 0.436 e. The number of hydrogen-bond acceptors (Lipinski definition) is 4.